The lowest BCUT2D eigenvalue weighted by Gasteiger charge is -2.39. The first-order chi connectivity index (χ1) is 13.1. The standard InChI is InChI=1S/C21H28N2O4/c24-19(8-7-16-4-3-13-26-16)23-15-9-11-21(12-10-15)14-22-20(25)17-5-1-2-6-18(17)27-21/h1-2,5-6,15-16H,3-4,7-14H2,(H,22,25)(H,23,24)/t15?,16-,21?/m1/s1. The molecule has 0 radical (unpaired) electrons. The number of amides is 2. The average molecular weight is 372 g/mol. The highest BCUT2D eigenvalue weighted by Crippen LogP contribution is 2.36. The number of para-hydroxylation sites is 1. The van der Waals surface area contributed by atoms with Crippen molar-refractivity contribution in [2.24, 2.45) is 0 Å². The van der Waals surface area contributed by atoms with Gasteiger partial charge in [0, 0.05) is 19.1 Å². The molecule has 27 heavy (non-hydrogen) atoms. The molecule has 3 aliphatic rings. The Labute approximate surface area is 160 Å². The van der Waals surface area contributed by atoms with E-state index in [-0.39, 0.29) is 29.6 Å². The van der Waals surface area contributed by atoms with E-state index in [2.05, 4.69) is 10.6 Å². The highest BCUT2D eigenvalue weighted by atomic mass is 16.5. The minimum atomic E-state index is -0.374. The summed E-state index contributed by atoms with van der Waals surface area (Å²) >= 11 is 0. The maximum Gasteiger partial charge on any atom is 0.255 e. The van der Waals surface area contributed by atoms with Gasteiger partial charge in [0.2, 0.25) is 5.91 Å². The number of fused-ring (bicyclic) bond motifs is 1. The van der Waals surface area contributed by atoms with E-state index in [1.165, 1.54) is 0 Å². The third-order valence-corrected chi connectivity index (χ3v) is 6.01. The van der Waals surface area contributed by atoms with Gasteiger partial charge in [-0.2, -0.15) is 0 Å². The molecule has 146 valence electrons. The monoisotopic (exact) mass is 372 g/mol. The van der Waals surface area contributed by atoms with Crippen LogP contribution in [0, 0.1) is 0 Å². The highest BCUT2D eigenvalue weighted by molar-refractivity contribution is 5.97. The van der Waals surface area contributed by atoms with Gasteiger partial charge in [-0.1, -0.05) is 12.1 Å². The molecular formula is C21H28N2O4. The first-order valence-corrected chi connectivity index (χ1v) is 10.1. The number of ether oxygens (including phenoxy) is 2. The summed E-state index contributed by atoms with van der Waals surface area (Å²) in [6.45, 7) is 1.34. The Morgan fingerprint density at radius 3 is 2.81 bits per heavy atom. The van der Waals surface area contributed by atoms with Crippen LogP contribution in [0.2, 0.25) is 0 Å². The molecule has 4 rings (SSSR count). The second kappa shape index (κ2) is 7.89. The number of carbonyl (C=O) groups is 2. The Kier molecular flexibility index (Phi) is 5.34. The summed E-state index contributed by atoms with van der Waals surface area (Å²) in [5.74, 6) is 0.700. The van der Waals surface area contributed by atoms with Gasteiger partial charge in [0.15, 0.2) is 0 Å². The van der Waals surface area contributed by atoms with Crippen molar-refractivity contribution in [3.8, 4) is 5.75 Å². The van der Waals surface area contributed by atoms with E-state index in [0.29, 0.717) is 24.3 Å². The Bertz CT molecular complexity index is 691. The summed E-state index contributed by atoms with van der Waals surface area (Å²) in [5, 5.41) is 6.17. The van der Waals surface area contributed by atoms with Crippen LogP contribution in [0.5, 0.6) is 5.75 Å². The molecule has 1 aromatic rings. The van der Waals surface area contributed by atoms with E-state index in [1.54, 1.807) is 6.07 Å². The normalized spacial score (nSPS) is 30.1. The van der Waals surface area contributed by atoms with E-state index < -0.39 is 0 Å². The molecule has 2 heterocycles. The molecule has 2 N–H and O–H groups in total. The van der Waals surface area contributed by atoms with Crippen molar-refractivity contribution in [3.05, 3.63) is 29.8 Å². The fourth-order valence-electron chi connectivity index (χ4n) is 4.38. The number of benzene rings is 1. The number of rotatable bonds is 4. The molecule has 0 unspecified atom stereocenters. The highest BCUT2D eigenvalue weighted by Gasteiger charge is 2.40. The fourth-order valence-corrected chi connectivity index (χ4v) is 4.38. The first-order valence-electron chi connectivity index (χ1n) is 10.1. The van der Waals surface area contributed by atoms with E-state index in [1.807, 2.05) is 18.2 Å². The van der Waals surface area contributed by atoms with Crippen molar-refractivity contribution in [1.29, 1.82) is 0 Å². The zero-order valence-electron chi connectivity index (χ0n) is 15.7. The van der Waals surface area contributed by atoms with Crippen LogP contribution in [0.3, 0.4) is 0 Å². The number of hydrogen-bond donors (Lipinski definition) is 2. The summed E-state index contributed by atoms with van der Waals surface area (Å²) < 4.78 is 11.9. The predicted molar refractivity (Wildman–Crippen MR) is 101 cm³/mol. The van der Waals surface area contributed by atoms with Crippen molar-refractivity contribution >= 4 is 11.8 Å². The van der Waals surface area contributed by atoms with Crippen LogP contribution < -0.4 is 15.4 Å². The van der Waals surface area contributed by atoms with Gasteiger partial charge < -0.3 is 20.1 Å². The third-order valence-electron chi connectivity index (χ3n) is 6.01. The lowest BCUT2D eigenvalue weighted by Crippen LogP contribution is -2.51. The lowest BCUT2D eigenvalue weighted by atomic mass is 9.81. The van der Waals surface area contributed by atoms with Crippen LogP contribution in [-0.2, 0) is 9.53 Å². The molecule has 0 aromatic heterocycles. The topological polar surface area (TPSA) is 76.7 Å². The summed E-state index contributed by atoms with van der Waals surface area (Å²) in [5.41, 5.74) is 0.222. The van der Waals surface area contributed by atoms with Gasteiger partial charge in [-0.15, -0.1) is 0 Å². The molecule has 1 aromatic carbocycles. The van der Waals surface area contributed by atoms with Crippen molar-refractivity contribution < 1.29 is 19.1 Å². The summed E-state index contributed by atoms with van der Waals surface area (Å²) in [6, 6.07) is 7.59. The summed E-state index contributed by atoms with van der Waals surface area (Å²) in [6.07, 6.45) is 7.15. The minimum Gasteiger partial charge on any atom is -0.485 e. The van der Waals surface area contributed by atoms with Crippen LogP contribution in [0.25, 0.3) is 0 Å². The molecule has 2 fully saturated rings. The molecule has 0 bridgehead atoms. The van der Waals surface area contributed by atoms with Gasteiger partial charge in [0.1, 0.15) is 11.4 Å². The van der Waals surface area contributed by atoms with Crippen LogP contribution >= 0.6 is 0 Å². The molecule has 1 saturated heterocycles. The second-order valence-electron chi connectivity index (χ2n) is 7.98. The van der Waals surface area contributed by atoms with Gasteiger partial charge >= 0.3 is 0 Å². The molecular weight excluding hydrogens is 344 g/mol. The summed E-state index contributed by atoms with van der Waals surface area (Å²) in [7, 11) is 0. The number of carbonyl (C=O) groups excluding carboxylic acids is 2. The molecule has 2 aliphatic heterocycles. The largest absolute Gasteiger partial charge is 0.485 e. The fraction of sp³-hybridized carbons (Fsp3) is 0.619. The van der Waals surface area contributed by atoms with E-state index in [9.17, 15) is 9.59 Å². The van der Waals surface area contributed by atoms with Gasteiger partial charge in [0.05, 0.1) is 18.2 Å². The molecule has 2 amide bonds. The quantitative estimate of drug-likeness (QED) is 0.852. The Balaban J connectivity index is 1.29. The zero-order chi connectivity index (χ0) is 18.7. The van der Waals surface area contributed by atoms with Gasteiger partial charge in [-0.05, 0) is 57.1 Å². The van der Waals surface area contributed by atoms with Crippen LogP contribution in [0.1, 0.15) is 61.7 Å². The first kappa shape index (κ1) is 18.3. The van der Waals surface area contributed by atoms with Gasteiger partial charge in [-0.25, -0.2) is 0 Å². The Hall–Kier alpha value is -2.08. The van der Waals surface area contributed by atoms with E-state index in [0.717, 1.165) is 51.6 Å². The summed E-state index contributed by atoms with van der Waals surface area (Å²) in [4.78, 5) is 24.5. The van der Waals surface area contributed by atoms with Crippen LogP contribution in [0.4, 0.5) is 0 Å². The van der Waals surface area contributed by atoms with E-state index >= 15 is 0 Å². The van der Waals surface area contributed by atoms with Crippen molar-refractivity contribution in [2.75, 3.05) is 13.2 Å². The second-order valence-corrected chi connectivity index (χ2v) is 7.98. The average Bonchev–Trinajstić information content (AvgIpc) is 3.16. The van der Waals surface area contributed by atoms with Crippen molar-refractivity contribution in [1.82, 2.24) is 10.6 Å². The SMILES string of the molecule is O=C(CC[C@H]1CCCO1)NC1CCC2(CC1)CNC(=O)c1ccccc1O2. The number of hydrogen-bond acceptors (Lipinski definition) is 4. The molecule has 1 aliphatic carbocycles. The maximum atomic E-state index is 12.3. The van der Waals surface area contributed by atoms with Crippen molar-refractivity contribution in [2.45, 2.75) is 69.1 Å². The smallest absolute Gasteiger partial charge is 0.255 e. The van der Waals surface area contributed by atoms with Gasteiger partial charge in [0.25, 0.3) is 5.91 Å². The lowest BCUT2D eigenvalue weighted by molar-refractivity contribution is -0.123. The van der Waals surface area contributed by atoms with Crippen molar-refractivity contribution in [3.63, 3.8) is 0 Å². The Morgan fingerprint density at radius 2 is 2.04 bits per heavy atom. The molecule has 1 atom stereocenters. The van der Waals surface area contributed by atoms with Crippen LogP contribution in [-0.4, -0.2) is 42.7 Å². The molecule has 6 heteroatoms. The minimum absolute atomic E-state index is 0.0768. The van der Waals surface area contributed by atoms with E-state index in [4.69, 9.17) is 9.47 Å². The van der Waals surface area contributed by atoms with Crippen LogP contribution in [0.15, 0.2) is 24.3 Å². The predicted octanol–water partition coefficient (Wildman–Crippen LogP) is 2.57. The molecule has 6 nitrogen and oxygen atoms in total. The number of nitrogens with one attached hydrogen (secondary N) is 2. The van der Waals surface area contributed by atoms with Gasteiger partial charge in [-0.3, -0.25) is 9.59 Å². The zero-order valence-corrected chi connectivity index (χ0v) is 15.7. The Morgan fingerprint density at radius 1 is 1.22 bits per heavy atom. The maximum absolute atomic E-state index is 12.3. The molecule has 1 spiro atoms. The molecule has 1 saturated carbocycles. The third kappa shape index (κ3) is 4.26.